The Morgan fingerprint density at radius 1 is 1.20 bits per heavy atom. The van der Waals surface area contributed by atoms with Gasteiger partial charge >= 0.3 is 0 Å². The predicted molar refractivity (Wildman–Crippen MR) is 78.6 cm³/mol. The average Bonchev–Trinajstić information content (AvgIpc) is 2.93. The lowest BCUT2D eigenvalue weighted by Crippen LogP contribution is -2.03. The van der Waals surface area contributed by atoms with Crippen LogP contribution in [0.25, 0.3) is 16.9 Å². The molecule has 0 saturated carbocycles. The standard InChI is InChI=1S/C15H15N5/c1-10-4-3-5-13(19-10)11(2)15(16)12-6-7-14-17-9-18-20(14)8-12/h3-9H,16H2,1-2H3/b15-11+. The molecule has 100 valence electrons. The normalized spacial score (nSPS) is 12.5. The highest BCUT2D eigenvalue weighted by atomic mass is 15.3. The van der Waals surface area contributed by atoms with Crippen molar-refractivity contribution in [2.45, 2.75) is 13.8 Å². The van der Waals surface area contributed by atoms with Gasteiger partial charge < -0.3 is 5.73 Å². The summed E-state index contributed by atoms with van der Waals surface area (Å²) in [5.41, 5.74) is 11.5. The minimum absolute atomic E-state index is 0.695. The molecule has 3 aromatic heterocycles. The van der Waals surface area contributed by atoms with Crippen LogP contribution in [0.15, 0.2) is 42.9 Å². The summed E-state index contributed by atoms with van der Waals surface area (Å²) in [4.78, 5) is 8.62. The molecule has 5 heteroatoms. The van der Waals surface area contributed by atoms with Crippen LogP contribution in [0.4, 0.5) is 0 Å². The highest BCUT2D eigenvalue weighted by Crippen LogP contribution is 2.21. The van der Waals surface area contributed by atoms with Crippen LogP contribution < -0.4 is 5.73 Å². The van der Waals surface area contributed by atoms with Crippen LogP contribution in [0.3, 0.4) is 0 Å². The van der Waals surface area contributed by atoms with E-state index >= 15 is 0 Å². The zero-order valence-corrected chi connectivity index (χ0v) is 11.4. The van der Waals surface area contributed by atoms with Gasteiger partial charge in [-0.3, -0.25) is 4.98 Å². The van der Waals surface area contributed by atoms with Gasteiger partial charge in [-0.15, -0.1) is 0 Å². The van der Waals surface area contributed by atoms with Crippen LogP contribution in [-0.4, -0.2) is 19.6 Å². The van der Waals surface area contributed by atoms with Crippen LogP contribution >= 0.6 is 0 Å². The summed E-state index contributed by atoms with van der Waals surface area (Å²) < 4.78 is 1.71. The molecule has 0 unspecified atom stereocenters. The fourth-order valence-electron chi connectivity index (χ4n) is 2.08. The van der Waals surface area contributed by atoms with Crippen molar-refractivity contribution in [2.24, 2.45) is 5.73 Å². The van der Waals surface area contributed by atoms with E-state index in [1.54, 1.807) is 4.52 Å². The molecule has 0 radical (unpaired) electrons. The van der Waals surface area contributed by atoms with Crippen molar-refractivity contribution in [3.8, 4) is 0 Å². The fourth-order valence-corrected chi connectivity index (χ4v) is 2.08. The molecule has 0 aromatic carbocycles. The number of rotatable bonds is 2. The third kappa shape index (κ3) is 2.14. The van der Waals surface area contributed by atoms with Gasteiger partial charge in [0.2, 0.25) is 0 Å². The molecule has 2 N–H and O–H groups in total. The molecule has 0 aliphatic rings. The number of pyridine rings is 2. The molecule has 0 amide bonds. The molecular formula is C15H15N5. The molecule has 3 aromatic rings. The first-order valence-electron chi connectivity index (χ1n) is 6.35. The molecule has 0 bridgehead atoms. The van der Waals surface area contributed by atoms with Crippen LogP contribution in [0.2, 0.25) is 0 Å². The molecule has 5 nitrogen and oxygen atoms in total. The molecule has 0 aliphatic heterocycles. The number of fused-ring (bicyclic) bond motifs is 1. The monoisotopic (exact) mass is 265 g/mol. The molecule has 0 aliphatic carbocycles. The summed E-state index contributed by atoms with van der Waals surface area (Å²) in [6.07, 6.45) is 3.39. The van der Waals surface area contributed by atoms with Gasteiger partial charge in [-0.05, 0) is 43.7 Å². The van der Waals surface area contributed by atoms with Gasteiger partial charge in [0, 0.05) is 23.2 Å². The van der Waals surface area contributed by atoms with Crippen molar-refractivity contribution in [1.82, 2.24) is 19.6 Å². The summed E-state index contributed by atoms with van der Waals surface area (Å²) in [6, 6.07) is 9.75. The van der Waals surface area contributed by atoms with E-state index in [1.807, 2.05) is 50.4 Å². The van der Waals surface area contributed by atoms with E-state index in [1.165, 1.54) is 6.33 Å². The Kier molecular flexibility index (Phi) is 2.95. The van der Waals surface area contributed by atoms with E-state index in [2.05, 4.69) is 15.1 Å². The molecule has 3 heterocycles. The summed E-state index contributed by atoms with van der Waals surface area (Å²) in [5.74, 6) is 0. The quantitative estimate of drug-likeness (QED) is 0.771. The van der Waals surface area contributed by atoms with Crippen LogP contribution in [0.1, 0.15) is 23.9 Å². The van der Waals surface area contributed by atoms with Gasteiger partial charge in [0.25, 0.3) is 0 Å². The topological polar surface area (TPSA) is 69.1 Å². The third-order valence-corrected chi connectivity index (χ3v) is 3.26. The van der Waals surface area contributed by atoms with Gasteiger partial charge in [0.1, 0.15) is 6.33 Å². The molecule has 0 spiro atoms. The highest BCUT2D eigenvalue weighted by Gasteiger charge is 2.07. The second-order valence-corrected chi connectivity index (χ2v) is 4.68. The zero-order valence-electron chi connectivity index (χ0n) is 11.4. The van der Waals surface area contributed by atoms with Gasteiger partial charge in [-0.2, -0.15) is 5.10 Å². The molecule has 0 saturated heterocycles. The Balaban J connectivity index is 2.09. The Morgan fingerprint density at radius 2 is 2.05 bits per heavy atom. The van der Waals surface area contributed by atoms with E-state index in [0.29, 0.717) is 5.70 Å². The van der Waals surface area contributed by atoms with E-state index in [9.17, 15) is 0 Å². The SMILES string of the molecule is C/C(=C(\N)c1ccc2ncnn2c1)c1cccc(C)n1. The van der Waals surface area contributed by atoms with Gasteiger partial charge in [-0.25, -0.2) is 9.50 Å². The molecule has 3 rings (SSSR count). The predicted octanol–water partition coefficient (Wildman–Crippen LogP) is 2.28. The molecule has 0 atom stereocenters. The fraction of sp³-hybridized carbons (Fsp3) is 0.133. The largest absolute Gasteiger partial charge is 0.398 e. The van der Waals surface area contributed by atoms with Crippen LogP contribution in [0, 0.1) is 6.92 Å². The maximum atomic E-state index is 6.26. The summed E-state index contributed by atoms with van der Waals surface area (Å²) in [5, 5.41) is 4.12. The Hall–Kier alpha value is -2.69. The maximum absolute atomic E-state index is 6.26. The number of aryl methyl sites for hydroxylation is 1. The second kappa shape index (κ2) is 4.77. The first-order chi connectivity index (χ1) is 9.65. The van der Waals surface area contributed by atoms with Crippen molar-refractivity contribution in [2.75, 3.05) is 0 Å². The summed E-state index contributed by atoms with van der Waals surface area (Å²) in [7, 11) is 0. The third-order valence-electron chi connectivity index (χ3n) is 3.26. The lowest BCUT2D eigenvalue weighted by molar-refractivity contribution is 0.957. The number of allylic oxidation sites excluding steroid dienone is 1. The lowest BCUT2D eigenvalue weighted by Gasteiger charge is -2.08. The Labute approximate surface area is 116 Å². The van der Waals surface area contributed by atoms with Crippen molar-refractivity contribution < 1.29 is 0 Å². The van der Waals surface area contributed by atoms with E-state index in [0.717, 1.165) is 28.2 Å². The number of hydrogen-bond acceptors (Lipinski definition) is 4. The first-order valence-corrected chi connectivity index (χ1v) is 6.35. The minimum atomic E-state index is 0.695. The maximum Gasteiger partial charge on any atom is 0.155 e. The number of nitrogens with zero attached hydrogens (tertiary/aromatic N) is 4. The molecule has 0 fully saturated rings. The van der Waals surface area contributed by atoms with E-state index < -0.39 is 0 Å². The average molecular weight is 265 g/mol. The number of nitrogens with two attached hydrogens (primary N) is 1. The lowest BCUT2D eigenvalue weighted by atomic mass is 10.1. The second-order valence-electron chi connectivity index (χ2n) is 4.68. The van der Waals surface area contributed by atoms with Gasteiger partial charge in [-0.1, -0.05) is 6.07 Å². The summed E-state index contributed by atoms with van der Waals surface area (Å²) >= 11 is 0. The Morgan fingerprint density at radius 3 is 2.85 bits per heavy atom. The Bertz CT molecular complexity index is 801. The van der Waals surface area contributed by atoms with Crippen LogP contribution in [-0.2, 0) is 0 Å². The van der Waals surface area contributed by atoms with Crippen molar-refractivity contribution in [3.63, 3.8) is 0 Å². The van der Waals surface area contributed by atoms with Crippen molar-refractivity contribution in [3.05, 3.63) is 59.8 Å². The number of hydrogen-bond donors (Lipinski definition) is 1. The summed E-state index contributed by atoms with van der Waals surface area (Å²) in [6.45, 7) is 3.94. The zero-order chi connectivity index (χ0) is 14.1. The van der Waals surface area contributed by atoms with Gasteiger partial charge in [0.15, 0.2) is 5.65 Å². The van der Waals surface area contributed by atoms with Crippen molar-refractivity contribution in [1.29, 1.82) is 0 Å². The minimum Gasteiger partial charge on any atom is -0.398 e. The van der Waals surface area contributed by atoms with E-state index in [-0.39, 0.29) is 0 Å². The molecular weight excluding hydrogens is 250 g/mol. The van der Waals surface area contributed by atoms with E-state index in [4.69, 9.17) is 5.73 Å². The first kappa shape index (κ1) is 12.3. The smallest absolute Gasteiger partial charge is 0.155 e. The molecule has 20 heavy (non-hydrogen) atoms. The van der Waals surface area contributed by atoms with Crippen molar-refractivity contribution >= 4 is 16.9 Å². The van der Waals surface area contributed by atoms with Crippen LogP contribution in [0.5, 0.6) is 0 Å². The highest BCUT2D eigenvalue weighted by molar-refractivity contribution is 5.87. The number of aromatic nitrogens is 4. The van der Waals surface area contributed by atoms with Gasteiger partial charge in [0.05, 0.1) is 5.69 Å².